The van der Waals surface area contributed by atoms with Crippen LogP contribution in [-0.2, 0) is 16.4 Å². The summed E-state index contributed by atoms with van der Waals surface area (Å²) in [6.45, 7) is 15.7. The fraction of sp³-hybridized carbons (Fsp3) is 0.400. The molecule has 3 aromatic rings. The third kappa shape index (κ3) is 1.69. The zero-order valence-electron chi connectivity index (χ0n) is 17.3. The van der Waals surface area contributed by atoms with Gasteiger partial charge in [-0.1, -0.05) is 32.0 Å². The number of pyridine rings is 1. The zero-order valence-corrected chi connectivity index (χ0v) is 17.3. The lowest BCUT2D eigenvalue weighted by molar-refractivity contribution is -0.759. The first kappa shape index (κ1) is 16.9. The first-order chi connectivity index (χ1) is 12.5. The molecule has 1 aliphatic carbocycles. The van der Waals surface area contributed by atoms with Crippen molar-refractivity contribution >= 4 is 10.8 Å². The molecule has 138 valence electrons. The molecule has 0 N–H and O–H groups in total. The van der Waals surface area contributed by atoms with Crippen LogP contribution in [0.2, 0.25) is 0 Å². The Labute approximate surface area is 160 Å². The number of benzene rings is 2. The van der Waals surface area contributed by atoms with Gasteiger partial charge in [-0.2, -0.15) is 4.57 Å². The van der Waals surface area contributed by atoms with E-state index in [0.29, 0.717) is 0 Å². The highest BCUT2D eigenvalue weighted by Gasteiger charge is 2.56. The van der Waals surface area contributed by atoms with Gasteiger partial charge in [-0.15, -0.1) is 0 Å². The van der Waals surface area contributed by atoms with Gasteiger partial charge >= 0.3 is 0 Å². The maximum Gasteiger partial charge on any atom is 0.221 e. The molecule has 0 amide bonds. The van der Waals surface area contributed by atoms with Crippen molar-refractivity contribution in [2.45, 2.75) is 64.8 Å². The SMILES string of the molecule is Cc1ccc2c3c4[n+](ccc13)C(C)(C)C(C)(C)c1ccc(F)c(c1-4)C2(C)C. The van der Waals surface area contributed by atoms with Crippen LogP contribution in [0.4, 0.5) is 4.39 Å². The van der Waals surface area contributed by atoms with Crippen LogP contribution in [0.3, 0.4) is 0 Å². The Kier molecular flexibility index (Phi) is 2.88. The van der Waals surface area contributed by atoms with Crippen molar-refractivity contribution in [2.75, 3.05) is 0 Å². The molecule has 0 bridgehead atoms. The third-order valence-corrected chi connectivity index (χ3v) is 7.83. The molecular weight excluding hydrogens is 333 g/mol. The van der Waals surface area contributed by atoms with Gasteiger partial charge in [-0.3, -0.25) is 0 Å². The topological polar surface area (TPSA) is 3.88 Å². The second kappa shape index (κ2) is 4.60. The lowest BCUT2D eigenvalue weighted by Gasteiger charge is -2.46. The average molecular weight is 360 g/mol. The monoisotopic (exact) mass is 360 g/mol. The van der Waals surface area contributed by atoms with Gasteiger partial charge in [-0.05, 0) is 48.9 Å². The highest BCUT2D eigenvalue weighted by molar-refractivity contribution is 6.02. The second-order valence-corrected chi connectivity index (χ2v) is 9.91. The van der Waals surface area contributed by atoms with Crippen molar-refractivity contribution < 1.29 is 8.96 Å². The number of aromatic nitrogens is 1. The minimum Gasteiger partial charge on any atom is -0.207 e. The number of aryl methyl sites for hydroxylation is 1. The Bertz CT molecular complexity index is 1160. The first-order valence-corrected chi connectivity index (χ1v) is 9.84. The van der Waals surface area contributed by atoms with E-state index in [1.54, 1.807) is 6.07 Å². The molecule has 1 nitrogen and oxygen atoms in total. The summed E-state index contributed by atoms with van der Waals surface area (Å²) in [7, 11) is 0. The predicted octanol–water partition coefficient (Wildman–Crippen LogP) is 5.91. The van der Waals surface area contributed by atoms with E-state index >= 15 is 4.39 Å². The molecule has 2 heterocycles. The van der Waals surface area contributed by atoms with Crippen LogP contribution in [0.5, 0.6) is 0 Å². The van der Waals surface area contributed by atoms with Crippen LogP contribution in [-0.4, -0.2) is 0 Å². The van der Waals surface area contributed by atoms with Gasteiger partial charge in [-0.25, -0.2) is 4.39 Å². The van der Waals surface area contributed by atoms with E-state index in [0.717, 1.165) is 11.1 Å². The smallest absolute Gasteiger partial charge is 0.207 e. The van der Waals surface area contributed by atoms with Crippen molar-refractivity contribution in [1.82, 2.24) is 0 Å². The molecule has 0 saturated heterocycles. The molecule has 27 heavy (non-hydrogen) atoms. The molecular formula is C25H27FN+. The quantitative estimate of drug-likeness (QED) is 0.439. The molecule has 2 aliphatic rings. The van der Waals surface area contributed by atoms with E-state index < -0.39 is 0 Å². The highest BCUT2D eigenvalue weighted by Crippen LogP contribution is 2.55. The average Bonchev–Trinajstić information content (AvgIpc) is 2.58. The van der Waals surface area contributed by atoms with E-state index in [1.807, 2.05) is 6.07 Å². The van der Waals surface area contributed by atoms with Crippen LogP contribution < -0.4 is 4.57 Å². The van der Waals surface area contributed by atoms with Crippen LogP contribution >= 0.6 is 0 Å². The number of hydrogen-bond donors (Lipinski definition) is 0. The Morgan fingerprint density at radius 2 is 1.52 bits per heavy atom. The second-order valence-electron chi connectivity index (χ2n) is 9.91. The molecule has 1 aliphatic heterocycles. The molecule has 2 aromatic carbocycles. The molecule has 0 unspecified atom stereocenters. The Morgan fingerprint density at radius 3 is 2.22 bits per heavy atom. The third-order valence-electron chi connectivity index (χ3n) is 7.83. The zero-order chi connectivity index (χ0) is 19.5. The summed E-state index contributed by atoms with van der Waals surface area (Å²) in [5.41, 5.74) is 6.31. The Hall–Kier alpha value is -2.22. The molecule has 0 atom stereocenters. The van der Waals surface area contributed by atoms with E-state index in [2.05, 4.69) is 77.4 Å². The minimum absolute atomic E-state index is 0.0935. The first-order valence-electron chi connectivity index (χ1n) is 9.84. The highest BCUT2D eigenvalue weighted by atomic mass is 19.1. The summed E-state index contributed by atoms with van der Waals surface area (Å²) < 4.78 is 17.7. The Morgan fingerprint density at radius 1 is 0.852 bits per heavy atom. The van der Waals surface area contributed by atoms with Gasteiger partial charge in [0.1, 0.15) is 5.82 Å². The number of nitrogens with zero attached hydrogens (tertiary/aromatic N) is 1. The maximum absolute atomic E-state index is 15.3. The summed E-state index contributed by atoms with van der Waals surface area (Å²) in [6, 6.07) is 10.3. The molecule has 0 saturated carbocycles. The van der Waals surface area contributed by atoms with Gasteiger partial charge in [0, 0.05) is 30.9 Å². The molecule has 0 fully saturated rings. The van der Waals surface area contributed by atoms with Crippen LogP contribution in [0.1, 0.15) is 63.8 Å². The summed E-state index contributed by atoms with van der Waals surface area (Å²) in [5, 5.41) is 2.58. The van der Waals surface area contributed by atoms with E-state index in [1.165, 1.54) is 33.2 Å². The van der Waals surface area contributed by atoms with Crippen molar-refractivity contribution in [3.63, 3.8) is 0 Å². The van der Waals surface area contributed by atoms with Gasteiger partial charge in [0.05, 0.1) is 16.4 Å². The summed E-state index contributed by atoms with van der Waals surface area (Å²) in [5.74, 6) is -0.0935. The molecule has 1 aromatic heterocycles. The van der Waals surface area contributed by atoms with Gasteiger partial charge < -0.3 is 0 Å². The maximum atomic E-state index is 15.3. The summed E-state index contributed by atoms with van der Waals surface area (Å²) in [4.78, 5) is 0. The van der Waals surface area contributed by atoms with Crippen molar-refractivity contribution in [3.05, 3.63) is 64.6 Å². The predicted molar refractivity (Wildman–Crippen MR) is 109 cm³/mol. The number of hydrogen-bond acceptors (Lipinski definition) is 0. The lowest BCUT2D eigenvalue weighted by Crippen LogP contribution is -2.66. The Balaban J connectivity index is 2.15. The van der Waals surface area contributed by atoms with Crippen molar-refractivity contribution in [1.29, 1.82) is 0 Å². The van der Waals surface area contributed by atoms with Crippen LogP contribution in [0, 0.1) is 12.7 Å². The van der Waals surface area contributed by atoms with E-state index in [-0.39, 0.29) is 22.2 Å². The molecule has 5 rings (SSSR count). The number of halogens is 1. The summed E-state index contributed by atoms with van der Waals surface area (Å²) in [6.07, 6.45) is 2.21. The van der Waals surface area contributed by atoms with Crippen LogP contribution in [0.15, 0.2) is 36.5 Å². The van der Waals surface area contributed by atoms with Gasteiger partial charge in [0.2, 0.25) is 5.69 Å². The fourth-order valence-corrected chi connectivity index (χ4v) is 5.49. The van der Waals surface area contributed by atoms with E-state index in [4.69, 9.17) is 0 Å². The summed E-state index contributed by atoms with van der Waals surface area (Å²) >= 11 is 0. The standard InChI is InChI=1S/C25H27FN/c1-14-8-9-16-19-15(14)12-13-27-22(19)20-17(24(4,5)25(27,6)7)10-11-18(26)21(20)23(16,2)3/h8-13H,1-7H3/q+1. The van der Waals surface area contributed by atoms with Crippen LogP contribution in [0.25, 0.3) is 22.0 Å². The largest absolute Gasteiger partial charge is 0.221 e. The van der Waals surface area contributed by atoms with Crippen molar-refractivity contribution in [2.24, 2.45) is 0 Å². The van der Waals surface area contributed by atoms with E-state index in [9.17, 15) is 0 Å². The molecule has 0 spiro atoms. The lowest BCUT2D eigenvalue weighted by atomic mass is 9.59. The normalized spacial score (nSPS) is 20.0. The fourth-order valence-electron chi connectivity index (χ4n) is 5.49. The molecule has 2 heteroatoms. The molecule has 0 radical (unpaired) electrons. The minimum atomic E-state index is -0.370. The van der Waals surface area contributed by atoms with Gasteiger partial charge in [0.25, 0.3) is 0 Å². The van der Waals surface area contributed by atoms with Crippen molar-refractivity contribution in [3.8, 4) is 11.3 Å². The number of rotatable bonds is 0. The van der Waals surface area contributed by atoms with Gasteiger partial charge in [0.15, 0.2) is 11.7 Å².